The van der Waals surface area contributed by atoms with Gasteiger partial charge in [0.25, 0.3) is 5.91 Å². The van der Waals surface area contributed by atoms with Crippen LogP contribution in [-0.2, 0) is 0 Å². The van der Waals surface area contributed by atoms with E-state index in [9.17, 15) is 4.79 Å². The summed E-state index contributed by atoms with van der Waals surface area (Å²) in [6.07, 6.45) is 0. The maximum atomic E-state index is 10.9. The number of hydrogen-bond acceptors (Lipinski definition) is 2. The molecule has 16 heavy (non-hydrogen) atoms. The molecule has 0 aliphatic heterocycles. The van der Waals surface area contributed by atoms with Crippen molar-refractivity contribution < 1.29 is 4.79 Å². The van der Waals surface area contributed by atoms with Crippen molar-refractivity contribution in [2.45, 2.75) is 13.8 Å². The van der Waals surface area contributed by atoms with Crippen LogP contribution in [0.1, 0.15) is 21.6 Å². The molecule has 0 fully saturated rings. The highest BCUT2D eigenvalue weighted by molar-refractivity contribution is 5.92. The fourth-order valence-electron chi connectivity index (χ4n) is 1.61. The smallest absolute Gasteiger partial charge is 0.266 e. The molecule has 0 radical (unpaired) electrons. The molecule has 1 aromatic carbocycles. The number of H-pyrrole nitrogens is 1. The number of rotatable bonds is 2. The zero-order chi connectivity index (χ0) is 11.7. The molecule has 4 nitrogen and oxygen atoms in total. The molecule has 1 heterocycles. The SMILES string of the molecule is Cc1cccc(-c2cc(C(N)=O)[nH]n2)c1C. The molecule has 0 unspecified atom stereocenters. The van der Waals surface area contributed by atoms with E-state index < -0.39 is 5.91 Å². The van der Waals surface area contributed by atoms with Crippen molar-refractivity contribution in [3.63, 3.8) is 0 Å². The van der Waals surface area contributed by atoms with Gasteiger partial charge in [0.2, 0.25) is 0 Å². The summed E-state index contributed by atoms with van der Waals surface area (Å²) in [5, 5.41) is 6.71. The normalized spacial score (nSPS) is 10.4. The first-order valence-electron chi connectivity index (χ1n) is 5.01. The average molecular weight is 215 g/mol. The molecule has 1 amide bonds. The molecule has 1 aromatic heterocycles. The molecule has 4 heteroatoms. The van der Waals surface area contributed by atoms with E-state index >= 15 is 0 Å². The number of nitrogens with one attached hydrogen (secondary N) is 1. The van der Waals surface area contributed by atoms with E-state index in [1.807, 2.05) is 32.0 Å². The van der Waals surface area contributed by atoms with Crippen LogP contribution in [0.3, 0.4) is 0 Å². The quantitative estimate of drug-likeness (QED) is 0.801. The highest BCUT2D eigenvalue weighted by Crippen LogP contribution is 2.23. The average Bonchev–Trinajstić information content (AvgIpc) is 2.71. The van der Waals surface area contributed by atoms with Gasteiger partial charge in [-0.15, -0.1) is 0 Å². The van der Waals surface area contributed by atoms with Crippen LogP contribution < -0.4 is 5.73 Å². The molecule has 3 N–H and O–H groups in total. The standard InChI is InChI=1S/C12H13N3O/c1-7-4-3-5-9(8(7)2)10-6-11(12(13)16)15-14-10/h3-6H,1-2H3,(H2,13,16)(H,14,15). The maximum absolute atomic E-state index is 10.9. The first kappa shape index (κ1) is 10.4. The fraction of sp³-hybridized carbons (Fsp3) is 0.167. The number of carbonyl (C=O) groups excluding carboxylic acids is 1. The highest BCUT2D eigenvalue weighted by Gasteiger charge is 2.10. The number of nitrogens with zero attached hydrogens (tertiary/aromatic N) is 1. The molecule has 0 atom stereocenters. The topological polar surface area (TPSA) is 71.8 Å². The van der Waals surface area contributed by atoms with Gasteiger partial charge < -0.3 is 5.73 Å². The largest absolute Gasteiger partial charge is 0.364 e. The van der Waals surface area contributed by atoms with E-state index in [0.717, 1.165) is 16.8 Å². The van der Waals surface area contributed by atoms with Crippen LogP contribution in [0.4, 0.5) is 0 Å². The molecule has 0 saturated carbocycles. The number of aryl methyl sites for hydroxylation is 1. The summed E-state index contributed by atoms with van der Waals surface area (Å²) in [5.41, 5.74) is 9.61. The van der Waals surface area contributed by atoms with E-state index in [-0.39, 0.29) is 0 Å². The van der Waals surface area contributed by atoms with Gasteiger partial charge in [0, 0.05) is 5.56 Å². The van der Waals surface area contributed by atoms with Gasteiger partial charge in [-0.25, -0.2) is 0 Å². The van der Waals surface area contributed by atoms with E-state index in [4.69, 9.17) is 5.73 Å². The molecule has 0 aliphatic carbocycles. The van der Waals surface area contributed by atoms with E-state index in [0.29, 0.717) is 5.69 Å². The number of carbonyl (C=O) groups is 1. The van der Waals surface area contributed by atoms with E-state index in [2.05, 4.69) is 10.2 Å². The summed E-state index contributed by atoms with van der Waals surface area (Å²) >= 11 is 0. The number of hydrogen-bond donors (Lipinski definition) is 2. The second kappa shape index (κ2) is 3.81. The Morgan fingerprint density at radius 2 is 2.12 bits per heavy atom. The Labute approximate surface area is 93.5 Å². The van der Waals surface area contributed by atoms with Crippen molar-refractivity contribution >= 4 is 5.91 Å². The summed E-state index contributed by atoms with van der Waals surface area (Å²) < 4.78 is 0. The van der Waals surface area contributed by atoms with Crippen LogP contribution in [0.2, 0.25) is 0 Å². The third kappa shape index (κ3) is 1.69. The van der Waals surface area contributed by atoms with Gasteiger partial charge in [0.05, 0.1) is 5.69 Å². The second-order valence-electron chi connectivity index (χ2n) is 3.78. The highest BCUT2D eigenvalue weighted by atomic mass is 16.1. The lowest BCUT2D eigenvalue weighted by molar-refractivity contribution is 0.0995. The summed E-state index contributed by atoms with van der Waals surface area (Å²) in [5.74, 6) is -0.496. The van der Waals surface area contributed by atoms with Gasteiger partial charge in [-0.3, -0.25) is 9.89 Å². The zero-order valence-electron chi connectivity index (χ0n) is 9.24. The number of aromatic nitrogens is 2. The number of primary amides is 1. The Morgan fingerprint density at radius 1 is 1.38 bits per heavy atom. The van der Waals surface area contributed by atoms with Crippen molar-refractivity contribution in [1.82, 2.24) is 10.2 Å². The first-order valence-corrected chi connectivity index (χ1v) is 5.01. The van der Waals surface area contributed by atoms with Gasteiger partial charge in [-0.2, -0.15) is 5.10 Å². The zero-order valence-corrected chi connectivity index (χ0v) is 9.24. The number of amides is 1. The Kier molecular flexibility index (Phi) is 2.48. The van der Waals surface area contributed by atoms with Gasteiger partial charge in [0.1, 0.15) is 5.69 Å². The minimum Gasteiger partial charge on any atom is -0.364 e. The lowest BCUT2D eigenvalue weighted by atomic mass is 10.0. The van der Waals surface area contributed by atoms with Crippen molar-refractivity contribution in [3.8, 4) is 11.3 Å². The summed E-state index contributed by atoms with van der Waals surface area (Å²) in [4.78, 5) is 10.9. The Balaban J connectivity index is 2.50. The third-order valence-electron chi connectivity index (χ3n) is 2.72. The first-order chi connectivity index (χ1) is 7.59. The van der Waals surface area contributed by atoms with Crippen LogP contribution >= 0.6 is 0 Å². The van der Waals surface area contributed by atoms with Crippen molar-refractivity contribution in [3.05, 3.63) is 41.1 Å². The summed E-state index contributed by atoms with van der Waals surface area (Å²) in [6.45, 7) is 4.07. The number of nitrogens with two attached hydrogens (primary N) is 1. The molecule has 0 aliphatic rings. The van der Waals surface area contributed by atoms with Gasteiger partial charge >= 0.3 is 0 Å². The molecular formula is C12H13N3O. The third-order valence-corrected chi connectivity index (χ3v) is 2.72. The molecule has 0 saturated heterocycles. The van der Waals surface area contributed by atoms with Crippen LogP contribution in [-0.4, -0.2) is 16.1 Å². The van der Waals surface area contributed by atoms with Gasteiger partial charge in [0.15, 0.2) is 0 Å². The van der Waals surface area contributed by atoms with Crippen molar-refractivity contribution in [1.29, 1.82) is 0 Å². The lowest BCUT2D eigenvalue weighted by Gasteiger charge is -2.04. The predicted molar refractivity (Wildman–Crippen MR) is 62.0 cm³/mol. The molecule has 2 rings (SSSR count). The minimum atomic E-state index is -0.496. The van der Waals surface area contributed by atoms with Crippen LogP contribution in [0.25, 0.3) is 11.3 Å². The van der Waals surface area contributed by atoms with Crippen molar-refractivity contribution in [2.75, 3.05) is 0 Å². The summed E-state index contributed by atoms with van der Waals surface area (Å²) in [7, 11) is 0. The molecule has 0 bridgehead atoms. The van der Waals surface area contributed by atoms with Crippen LogP contribution in [0.15, 0.2) is 24.3 Å². The predicted octanol–water partition coefficient (Wildman–Crippen LogP) is 1.79. The maximum Gasteiger partial charge on any atom is 0.266 e. The van der Waals surface area contributed by atoms with Crippen LogP contribution in [0, 0.1) is 13.8 Å². The summed E-state index contributed by atoms with van der Waals surface area (Å²) in [6, 6.07) is 7.66. The monoisotopic (exact) mass is 215 g/mol. The van der Waals surface area contributed by atoms with Gasteiger partial charge in [-0.05, 0) is 31.0 Å². The Bertz CT molecular complexity index is 543. The minimum absolute atomic E-state index is 0.330. The van der Waals surface area contributed by atoms with Crippen molar-refractivity contribution in [2.24, 2.45) is 5.73 Å². The number of benzene rings is 1. The number of aromatic amines is 1. The van der Waals surface area contributed by atoms with Crippen LogP contribution in [0.5, 0.6) is 0 Å². The Morgan fingerprint density at radius 3 is 2.75 bits per heavy atom. The molecule has 2 aromatic rings. The fourth-order valence-corrected chi connectivity index (χ4v) is 1.61. The Hall–Kier alpha value is -2.10. The molecular weight excluding hydrogens is 202 g/mol. The van der Waals surface area contributed by atoms with Gasteiger partial charge in [-0.1, -0.05) is 18.2 Å². The second-order valence-corrected chi connectivity index (χ2v) is 3.78. The molecule has 0 spiro atoms. The molecule has 82 valence electrons. The van der Waals surface area contributed by atoms with E-state index in [1.54, 1.807) is 6.07 Å². The van der Waals surface area contributed by atoms with E-state index in [1.165, 1.54) is 5.56 Å². The lowest BCUT2D eigenvalue weighted by Crippen LogP contribution is -2.10.